The number of hydrogen-bond acceptors (Lipinski definition) is 5. The molecule has 0 saturated heterocycles. The molecule has 0 fully saturated rings. The third-order valence-corrected chi connectivity index (χ3v) is 2.63. The molecule has 18 heavy (non-hydrogen) atoms. The van der Waals surface area contributed by atoms with Crippen LogP contribution in [0.15, 0.2) is 12.1 Å². The Kier molecular flexibility index (Phi) is 5.58. The molecule has 1 aromatic rings. The topological polar surface area (TPSA) is 51.7 Å². The summed E-state index contributed by atoms with van der Waals surface area (Å²) in [6, 6.07) is 3.76. The van der Waals surface area contributed by atoms with E-state index in [0.717, 1.165) is 23.7 Å². The number of rotatable bonds is 6. The molecule has 0 amide bonds. The Balaban J connectivity index is 2.74. The Bertz CT molecular complexity index is 407. The molecule has 0 aliphatic heterocycles. The summed E-state index contributed by atoms with van der Waals surface area (Å²) < 4.78 is 9.87. The summed E-state index contributed by atoms with van der Waals surface area (Å²) in [5, 5.41) is 0. The average Bonchev–Trinajstić information content (AvgIpc) is 2.36. The predicted octanol–water partition coefficient (Wildman–Crippen LogP) is 1.39. The smallest absolute Gasteiger partial charge is 0.319 e. The van der Waals surface area contributed by atoms with Crippen molar-refractivity contribution in [3.8, 4) is 5.75 Å². The summed E-state index contributed by atoms with van der Waals surface area (Å²) >= 11 is 0. The molecule has 0 aromatic carbocycles. The number of hydrogen-bond donors (Lipinski definition) is 0. The van der Waals surface area contributed by atoms with Gasteiger partial charge in [0.1, 0.15) is 5.75 Å². The van der Waals surface area contributed by atoms with Crippen LogP contribution in [-0.2, 0) is 16.1 Å². The summed E-state index contributed by atoms with van der Waals surface area (Å²) in [6.07, 6.45) is 0. The number of esters is 1. The Hall–Kier alpha value is -1.62. The van der Waals surface area contributed by atoms with Gasteiger partial charge in [0.2, 0.25) is 0 Å². The maximum atomic E-state index is 11.3. The third-order valence-electron chi connectivity index (χ3n) is 2.63. The van der Waals surface area contributed by atoms with Crippen LogP contribution in [0.25, 0.3) is 0 Å². The molecule has 0 atom stereocenters. The van der Waals surface area contributed by atoms with Gasteiger partial charge in [0.15, 0.2) is 0 Å². The molecule has 1 heterocycles. The maximum Gasteiger partial charge on any atom is 0.319 e. The van der Waals surface area contributed by atoms with E-state index in [1.807, 2.05) is 30.9 Å². The molecule has 1 aromatic heterocycles. The van der Waals surface area contributed by atoms with Gasteiger partial charge in [-0.2, -0.15) is 0 Å². The van der Waals surface area contributed by atoms with Crippen LogP contribution in [0.2, 0.25) is 0 Å². The lowest BCUT2D eigenvalue weighted by Gasteiger charge is -2.18. The van der Waals surface area contributed by atoms with Crippen molar-refractivity contribution in [1.29, 1.82) is 0 Å². The number of aryl methyl sites for hydroxylation is 1. The highest BCUT2D eigenvalue weighted by Gasteiger charge is 2.11. The van der Waals surface area contributed by atoms with Crippen molar-refractivity contribution in [2.24, 2.45) is 0 Å². The molecule has 0 unspecified atom stereocenters. The van der Waals surface area contributed by atoms with Gasteiger partial charge in [0.05, 0.1) is 26.5 Å². The monoisotopic (exact) mass is 252 g/mol. The van der Waals surface area contributed by atoms with Crippen molar-refractivity contribution < 1.29 is 14.3 Å². The molecule has 0 saturated carbocycles. The lowest BCUT2D eigenvalue weighted by atomic mass is 10.2. The Morgan fingerprint density at radius 3 is 2.67 bits per heavy atom. The largest absolute Gasteiger partial charge is 0.497 e. The fraction of sp³-hybridized carbons (Fsp3) is 0.538. The zero-order chi connectivity index (χ0) is 13.5. The Labute approximate surface area is 108 Å². The van der Waals surface area contributed by atoms with Crippen LogP contribution < -0.4 is 4.74 Å². The van der Waals surface area contributed by atoms with Crippen molar-refractivity contribution in [3.05, 3.63) is 23.5 Å². The summed E-state index contributed by atoms with van der Waals surface area (Å²) in [5.74, 6) is 0.545. The third kappa shape index (κ3) is 4.33. The molecule has 0 radical (unpaired) electrons. The number of likely N-dealkylation sites (N-methyl/N-ethyl adjacent to an activating group) is 1. The molecule has 0 spiro atoms. The van der Waals surface area contributed by atoms with Crippen molar-refractivity contribution in [2.45, 2.75) is 20.4 Å². The van der Waals surface area contributed by atoms with Gasteiger partial charge in [0, 0.05) is 24.4 Å². The highest BCUT2D eigenvalue weighted by Crippen LogP contribution is 2.14. The number of pyridine rings is 1. The van der Waals surface area contributed by atoms with E-state index in [9.17, 15) is 4.79 Å². The first-order chi connectivity index (χ1) is 8.58. The van der Waals surface area contributed by atoms with Crippen LogP contribution in [0.4, 0.5) is 0 Å². The second kappa shape index (κ2) is 6.96. The summed E-state index contributed by atoms with van der Waals surface area (Å²) in [4.78, 5) is 17.6. The Morgan fingerprint density at radius 1 is 1.39 bits per heavy atom. The van der Waals surface area contributed by atoms with Crippen LogP contribution in [0.5, 0.6) is 5.75 Å². The Morgan fingerprint density at radius 2 is 2.11 bits per heavy atom. The van der Waals surface area contributed by atoms with Crippen molar-refractivity contribution in [2.75, 3.05) is 27.3 Å². The van der Waals surface area contributed by atoms with Crippen LogP contribution in [0.1, 0.15) is 18.3 Å². The van der Waals surface area contributed by atoms with Gasteiger partial charge in [-0.25, -0.2) is 0 Å². The molecule has 0 bridgehead atoms. The van der Waals surface area contributed by atoms with Gasteiger partial charge in [-0.3, -0.25) is 14.7 Å². The van der Waals surface area contributed by atoms with Crippen LogP contribution in [-0.4, -0.2) is 43.2 Å². The SMILES string of the molecule is CCN(CC(=O)OC)Cc1cc(OC)cc(C)n1. The van der Waals surface area contributed by atoms with Crippen LogP contribution in [0, 0.1) is 6.92 Å². The minimum absolute atomic E-state index is 0.239. The molecular weight excluding hydrogens is 232 g/mol. The maximum absolute atomic E-state index is 11.3. The van der Waals surface area contributed by atoms with E-state index in [0.29, 0.717) is 6.54 Å². The normalized spacial score (nSPS) is 10.5. The van der Waals surface area contributed by atoms with E-state index in [1.165, 1.54) is 7.11 Å². The van der Waals surface area contributed by atoms with Gasteiger partial charge in [0.25, 0.3) is 0 Å². The quantitative estimate of drug-likeness (QED) is 0.716. The lowest BCUT2D eigenvalue weighted by Crippen LogP contribution is -2.30. The lowest BCUT2D eigenvalue weighted by molar-refractivity contribution is -0.142. The van der Waals surface area contributed by atoms with Crippen molar-refractivity contribution >= 4 is 5.97 Å². The molecule has 0 aliphatic carbocycles. The van der Waals surface area contributed by atoms with E-state index in [4.69, 9.17) is 4.74 Å². The summed E-state index contributed by atoms with van der Waals surface area (Å²) in [7, 11) is 3.02. The van der Waals surface area contributed by atoms with Crippen LogP contribution in [0.3, 0.4) is 0 Å². The number of carbonyl (C=O) groups is 1. The molecule has 1 rings (SSSR count). The molecule has 0 N–H and O–H groups in total. The standard InChI is InChI=1S/C13H20N2O3/c1-5-15(9-13(16)18-4)8-11-7-12(17-3)6-10(2)14-11/h6-7H,5,8-9H2,1-4H3. The fourth-order valence-electron chi connectivity index (χ4n) is 1.66. The number of carbonyl (C=O) groups excluding carboxylic acids is 1. The first-order valence-corrected chi connectivity index (χ1v) is 5.89. The zero-order valence-corrected chi connectivity index (χ0v) is 11.4. The zero-order valence-electron chi connectivity index (χ0n) is 11.4. The minimum Gasteiger partial charge on any atom is -0.497 e. The van der Waals surface area contributed by atoms with Gasteiger partial charge < -0.3 is 9.47 Å². The second-order valence-electron chi connectivity index (χ2n) is 4.02. The van der Waals surface area contributed by atoms with E-state index >= 15 is 0 Å². The first-order valence-electron chi connectivity index (χ1n) is 5.89. The number of ether oxygens (including phenoxy) is 2. The molecule has 5 nitrogen and oxygen atoms in total. The highest BCUT2D eigenvalue weighted by atomic mass is 16.5. The van der Waals surface area contributed by atoms with Gasteiger partial charge >= 0.3 is 5.97 Å². The van der Waals surface area contributed by atoms with Crippen LogP contribution >= 0.6 is 0 Å². The fourth-order valence-corrected chi connectivity index (χ4v) is 1.66. The van der Waals surface area contributed by atoms with Gasteiger partial charge in [-0.15, -0.1) is 0 Å². The molecule has 0 aliphatic rings. The second-order valence-corrected chi connectivity index (χ2v) is 4.02. The molecular formula is C13H20N2O3. The van der Waals surface area contributed by atoms with E-state index in [-0.39, 0.29) is 12.5 Å². The predicted molar refractivity (Wildman–Crippen MR) is 68.5 cm³/mol. The van der Waals surface area contributed by atoms with E-state index < -0.39 is 0 Å². The number of methoxy groups -OCH3 is 2. The van der Waals surface area contributed by atoms with Gasteiger partial charge in [-0.1, -0.05) is 6.92 Å². The minimum atomic E-state index is -0.239. The summed E-state index contributed by atoms with van der Waals surface area (Å²) in [6.45, 7) is 5.54. The highest BCUT2D eigenvalue weighted by molar-refractivity contribution is 5.71. The first kappa shape index (κ1) is 14.4. The summed E-state index contributed by atoms with van der Waals surface area (Å²) in [5.41, 5.74) is 1.79. The van der Waals surface area contributed by atoms with Crippen molar-refractivity contribution in [1.82, 2.24) is 9.88 Å². The molecule has 100 valence electrons. The van der Waals surface area contributed by atoms with Crippen molar-refractivity contribution in [3.63, 3.8) is 0 Å². The number of aromatic nitrogens is 1. The van der Waals surface area contributed by atoms with Gasteiger partial charge in [-0.05, 0) is 13.5 Å². The number of nitrogens with zero attached hydrogens (tertiary/aromatic N) is 2. The molecule has 5 heteroatoms. The van der Waals surface area contributed by atoms with E-state index in [1.54, 1.807) is 7.11 Å². The van der Waals surface area contributed by atoms with E-state index in [2.05, 4.69) is 9.72 Å². The average molecular weight is 252 g/mol.